The molecule has 0 aliphatic rings. The SMILES string of the molecule is O=C(COc1ccccc1Cl)NNC(=O)Cn1cnc2ccccc2c1=O. The molecule has 0 atom stereocenters. The molecule has 8 nitrogen and oxygen atoms in total. The Morgan fingerprint density at radius 1 is 1.04 bits per heavy atom. The standard InChI is InChI=1S/C18H15ClN4O4/c19-13-6-2-4-8-15(13)27-10-17(25)22-21-16(24)9-23-11-20-14-7-3-1-5-12(14)18(23)26/h1-8,11H,9-10H2,(H,21,24)(H,22,25). The monoisotopic (exact) mass is 386 g/mol. The molecule has 3 rings (SSSR count). The van der Waals surface area contributed by atoms with Crippen LogP contribution in [0.15, 0.2) is 59.7 Å². The summed E-state index contributed by atoms with van der Waals surface area (Å²) in [5, 5.41) is 0.780. The van der Waals surface area contributed by atoms with Crippen molar-refractivity contribution in [3.05, 3.63) is 70.2 Å². The molecule has 0 fully saturated rings. The molecule has 3 aromatic rings. The van der Waals surface area contributed by atoms with Gasteiger partial charge in [-0.15, -0.1) is 0 Å². The summed E-state index contributed by atoms with van der Waals surface area (Å²) in [5.74, 6) is -0.804. The predicted molar refractivity (Wildman–Crippen MR) is 99.2 cm³/mol. The summed E-state index contributed by atoms with van der Waals surface area (Å²) in [7, 11) is 0. The van der Waals surface area contributed by atoms with Crippen LogP contribution in [0.5, 0.6) is 5.75 Å². The molecule has 138 valence electrons. The molecule has 2 aromatic carbocycles. The average molecular weight is 387 g/mol. The quantitative estimate of drug-likeness (QED) is 0.643. The number of nitrogens with zero attached hydrogens (tertiary/aromatic N) is 2. The van der Waals surface area contributed by atoms with E-state index < -0.39 is 11.8 Å². The number of aromatic nitrogens is 2. The molecule has 9 heteroatoms. The minimum Gasteiger partial charge on any atom is -0.482 e. The van der Waals surface area contributed by atoms with Crippen molar-refractivity contribution in [2.24, 2.45) is 0 Å². The van der Waals surface area contributed by atoms with Crippen molar-refractivity contribution < 1.29 is 14.3 Å². The third-order valence-corrected chi connectivity index (χ3v) is 3.89. The van der Waals surface area contributed by atoms with Crippen molar-refractivity contribution in [2.75, 3.05) is 6.61 Å². The molecule has 0 spiro atoms. The van der Waals surface area contributed by atoms with Gasteiger partial charge < -0.3 is 4.74 Å². The van der Waals surface area contributed by atoms with Crippen LogP contribution < -0.4 is 21.1 Å². The topological polar surface area (TPSA) is 102 Å². The van der Waals surface area contributed by atoms with Crippen molar-refractivity contribution >= 4 is 34.3 Å². The summed E-state index contributed by atoms with van der Waals surface area (Å²) < 4.78 is 6.41. The van der Waals surface area contributed by atoms with Gasteiger partial charge in [0.1, 0.15) is 12.3 Å². The first-order chi connectivity index (χ1) is 13.0. The third kappa shape index (κ3) is 4.62. The second-order valence-electron chi connectivity index (χ2n) is 5.51. The normalized spacial score (nSPS) is 10.4. The number of nitrogens with one attached hydrogen (secondary N) is 2. The molecule has 1 heterocycles. The lowest BCUT2D eigenvalue weighted by atomic mass is 10.2. The number of carbonyl (C=O) groups excluding carboxylic acids is 2. The van der Waals surface area contributed by atoms with Gasteiger partial charge in [-0.05, 0) is 24.3 Å². The molecule has 0 radical (unpaired) electrons. The van der Waals surface area contributed by atoms with Crippen molar-refractivity contribution in [3.63, 3.8) is 0 Å². The number of benzene rings is 2. The first-order valence-corrected chi connectivity index (χ1v) is 8.31. The molecule has 2 N–H and O–H groups in total. The van der Waals surface area contributed by atoms with Crippen LogP contribution in [0.1, 0.15) is 0 Å². The summed E-state index contributed by atoms with van der Waals surface area (Å²) in [6.45, 7) is -0.621. The number of ether oxygens (including phenoxy) is 1. The van der Waals surface area contributed by atoms with Gasteiger partial charge in [0.25, 0.3) is 17.4 Å². The molecular weight excluding hydrogens is 372 g/mol. The minimum absolute atomic E-state index is 0.289. The fourth-order valence-corrected chi connectivity index (χ4v) is 2.48. The van der Waals surface area contributed by atoms with Crippen LogP contribution in [-0.2, 0) is 16.1 Å². The Bertz CT molecular complexity index is 1050. The number of hydrogen-bond donors (Lipinski definition) is 2. The Morgan fingerprint density at radius 2 is 1.74 bits per heavy atom. The van der Waals surface area contributed by atoms with Gasteiger partial charge in [-0.2, -0.15) is 0 Å². The van der Waals surface area contributed by atoms with E-state index in [1.807, 2.05) is 0 Å². The highest BCUT2D eigenvalue weighted by Crippen LogP contribution is 2.22. The van der Waals surface area contributed by atoms with E-state index in [2.05, 4.69) is 15.8 Å². The lowest BCUT2D eigenvalue weighted by Crippen LogP contribution is -2.45. The highest BCUT2D eigenvalue weighted by Gasteiger charge is 2.10. The number of carbonyl (C=O) groups is 2. The molecule has 0 unspecified atom stereocenters. The second kappa shape index (κ2) is 8.33. The summed E-state index contributed by atoms with van der Waals surface area (Å²) in [5.41, 5.74) is 4.63. The van der Waals surface area contributed by atoms with Gasteiger partial charge in [0.2, 0.25) is 0 Å². The van der Waals surface area contributed by atoms with E-state index in [9.17, 15) is 14.4 Å². The Labute approximate surface area is 158 Å². The zero-order valence-corrected chi connectivity index (χ0v) is 14.8. The zero-order chi connectivity index (χ0) is 19.2. The van der Waals surface area contributed by atoms with E-state index in [-0.39, 0.29) is 18.7 Å². The maximum atomic E-state index is 12.3. The Kier molecular flexibility index (Phi) is 5.68. The lowest BCUT2D eigenvalue weighted by molar-refractivity contribution is -0.130. The molecule has 0 aliphatic heterocycles. The maximum Gasteiger partial charge on any atom is 0.276 e. The number of amides is 2. The largest absolute Gasteiger partial charge is 0.482 e. The number of hydrogen-bond acceptors (Lipinski definition) is 5. The van der Waals surface area contributed by atoms with Crippen LogP contribution in [0, 0.1) is 0 Å². The molecular formula is C18H15ClN4O4. The smallest absolute Gasteiger partial charge is 0.276 e. The molecule has 27 heavy (non-hydrogen) atoms. The van der Waals surface area contributed by atoms with E-state index in [1.54, 1.807) is 48.5 Å². The fraction of sp³-hybridized carbons (Fsp3) is 0.111. The summed E-state index contributed by atoms with van der Waals surface area (Å²) in [4.78, 5) is 40.2. The first kappa shape index (κ1) is 18.4. The number of halogens is 1. The average Bonchev–Trinajstić information content (AvgIpc) is 2.68. The van der Waals surface area contributed by atoms with Crippen LogP contribution in [0.4, 0.5) is 0 Å². The first-order valence-electron chi connectivity index (χ1n) is 7.94. The lowest BCUT2D eigenvalue weighted by Gasteiger charge is -2.10. The van der Waals surface area contributed by atoms with E-state index >= 15 is 0 Å². The van der Waals surface area contributed by atoms with Gasteiger partial charge in [-0.3, -0.25) is 29.8 Å². The highest BCUT2D eigenvalue weighted by molar-refractivity contribution is 6.32. The van der Waals surface area contributed by atoms with Crippen LogP contribution in [0.25, 0.3) is 10.9 Å². The molecule has 0 bridgehead atoms. The van der Waals surface area contributed by atoms with Gasteiger partial charge in [0, 0.05) is 0 Å². The van der Waals surface area contributed by atoms with Crippen LogP contribution in [0.2, 0.25) is 5.02 Å². The number of para-hydroxylation sites is 2. The highest BCUT2D eigenvalue weighted by atomic mass is 35.5. The van der Waals surface area contributed by atoms with E-state index in [0.29, 0.717) is 21.7 Å². The Hall–Kier alpha value is -3.39. The summed E-state index contributed by atoms with van der Waals surface area (Å²) in [6, 6.07) is 13.5. The fourth-order valence-electron chi connectivity index (χ4n) is 2.29. The molecule has 0 aliphatic carbocycles. The van der Waals surface area contributed by atoms with Crippen molar-refractivity contribution in [3.8, 4) is 5.75 Å². The van der Waals surface area contributed by atoms with Crippen molar-refractivity contribution in [1.29, 1.82) is 0 Å². The molecule has 0 saturated carbocycles. The van der Waals surface area contributed by atoms with Crippen LogP contribution in [0.3, 0.4) is 0 Å². The van der Waals surface area contributed by atoms with E-state index in [4.69, 9.17) is 16.3 Å². The van der Waals surface area contributed by atoms with Gasteiger partial charge >= 0.3 is 0 Å². The third-order valence-electron chi connectivity index (χ3n) is 3.58. The van der Waals surface area contributed by atoms with Crippen molar-refractivity contribution in [2.45, 2.75) is 6.54 Å². The van der Waals surface area contributed by atoms with Crippen LogP contribution in [-0.4, -0.2) is 28.0 Å². The number of rotatable bonds is 5. The Balaban J connectivity index is 1.52. The number of hydrazine groups is 1. The van der Waals surface area contributed by atoms with Gasteiger partial charge in [0.05, 0.1) is 22.3 Å². The van der Waals surface area contributed by atoms with E-state index in [0.717, 1.165) is 4.57 Å². The summed E-state index contributed by atoms with van der Waals surface area (Å²) >= 11 is 5.92. The predicted octanol–water partition coefficient (Wildman–Crippen LogP) is 1.28. The van der Waals surface area contributed by atoms with Gasteiger partial charge in [-0.1, -0.05) is 35.9 Å². The molecule has 2 amide bonds. The Morgan fingerprint density at radius 3 is 2.56 bits per heavy atom. The maximum absolute atomic E-state index is 12.3. The second-order valence-corrected chi connectivity index (χ2v) is 5.92. The van der Waals surface area contributed by atoms with Gasteiger partial charge in [-0.25, -0.2) is 4.98 Å². The molecule has 0 saturated heterocycles. The van der Waals surface area contributed by atoms with E-state index in [1.165, 1.54) is 6.33 Å². The number of fused-ring (bicyclic) bond motifs is 1. The van der Waals surface area contributed by atoms with Crippen LogP contribution >= 0.6 is 11.6 Å². The molecule has 1 aromatic heterocycles. The van der Waals surface area contributed by atoms with Crippen molar-refractivity contribution in [1.82, 2.24) is 20.4 Å². The summed E-state index contributed by atoms with van der Waals surface area (Å²) in [6.07, 6.45) is 1.28. The zero-order valence-electron chi connectivity index (χ0n) is 14.0. The minimum atomic E-state index is -0.583. The van der Waals surface area contributed by atoms with Gasteiger partial charge in [0.15, 0.2) is 6.61 Å².